The highest BCUT2D eigenvalue weighted by Crippen LogP contribution is 2.47. The number of hydrogen-bond acceptors (Lipinski definition) is 7. The van der Waals surface area contributed by atoms with Crippen LogP contribution in [0.3, 0.4) is 0 Å². The summed E-state index contributed by atoms with van der Waals surface area (Å²) >= 11 is 6.02. The highest BCUT2D eigenvalue weighted by molar-refractivity contribution is 6.74. The highest BCUT2D eigenvalue weighted by Gasteiger charge is 2.60. The van der Waals surface area contributed by atoms with Crippen molar-refractivity contribution < 1.29 is 23.8 Å². The van der Waals surface area contributed by atoms with Gasteiger partial charge in [0.05, 0.1) is 5.56 Å². The Bertz CT molecular complexity index is 1170. The van der Waals surface area contributed by atoms with E-state index in [0.717, 1.165) is 0 Å². The smallest absolute Gasteiger partial charge is 0.340 e. The Morgan fingerprint density at radius 3 is 2.53 bits per heavy atom. The van der Waals surface area contributed by atoms with Crippen molar-refractivity contribution in [1.82, 2.24) is 9.55 Å². The molecule has 3 rings (SSSR count). The van der Waals surface area contributed by atoms with E-state index in [1.165, 1.54) is 29.0 Å². The Balaban J connectivity index is 2.07. The summed E-state index contributed by atoms with van der Waals surface area (Å²) in [4.78, 5) is 39.3. The van der Waals surface area contributed by atoms with Crippen LogP contribution in [0.4, 0.5) is 0 Å². The molecule has 34 heavy (non-hydrogen) atoms. The zero-order valence-corrected chi connectivity index (χ0v) is 21.9. The van der Waals surface area contributed by atoms with Crippen molar-refractivity contribution in [3.8, 4) is 0 Å². The minimum atomic E-state index is -2.46. The van der Waals surface area contributed by atoms with E-state index in [1.807, 2.05) is 13.1 Å². The van der Waals surface area contributed by atoms with Crippen molar-refractivity contribution in [2.75, 3.05) is 6.61 Å². The number of aromatic amines is 1. The molecular weight excluding hydrogens is 480 g/mol. The molecule has 2 N–H and O–H groups in total. The van der Waals surface area contributed by atoms with Crippen LogP contribution in [0, 0.1) is 5.92 Å². The maximum absolute atomic E-state index is 13.1. The minimum absolute atomic E-state index is 0.173. The van der Waals surface area contributed by atoms with Crippen LogP contribution >= 0.6 is 11.6 Å². The highest BCUT2D eigenvalue weighted by atomic mass is 35.5. The van der Waals surface area contributed by atoms with Crippen LogP contribution in [0.1, 0.15) is 44.3 Å². The molecule has 0 unspecified atom stereocenters. The predicted octanol–water partition coefficient (Wildman–Crippen LogP) is 3.29. The second-order valence-electron chi connectivity index (χ2n) is 10.1. The Kier molecular flexibility index (Phi) is 7.31. The van der Waals surface area contributed by atoms with Crippen LogP contribution in [0.5, 0.6) is 0 Å². The van der Waals surface area contributed by atoms with E-state index in [4.69, 9.17) is 25.5 Å². The molecule has 0 radical (unpaired) electrons. The van der Waals surface area contributed by atoms with E-state index in [0.29, 0.717) is 5.02 Å². The number of halogens is 1. The number of nitrogens with zero attached hydrogens (tertiary/aromatic N) is 1. The molecule has 0 aliphatic carbocycles. The average Bonchev–Trinajstić information content (AvgIpc) is 2.99. The molecule has 1 aromatic carbocycles. The third-order valence-corrected chi connectivity index (χ3v) is 11.3. The molecule has 2 aromatic rings. The van der Waals surface area contributed by atoms with Gasteiger partial charge in [-0.25, -0.2) is 9.59 Å². The Labute approximate surface area is 203 Å². The van der Waals surface area contributed by atoms with E-state index >= 15 is 0 Å². The maximum Gasteiger partial charge on any atom is 0.340 e. The molecule has 4 atom stereocenters. The van der Waals surface area contributed by atoms with Gasteiger partial charge in [-0.05, 0) is 36.3 Å². The molecule has 1 aliphatic rings. The first kappa shape index (κ1) is 26.4. The summed E-state index contributed by atoms with van der Waals surface area (Å²) in [6, 6.07) is 7.40. The fraction of sp³-hybridized carbons (Fsp3) is 0.522. The van der Waals surface area contributed by atoms with Gasteiger partial charge < -0.3 is 19.0 Å². The lowest BCUT2D eigenvalue weighted by Gasteiger charge is -2.42. The number of aliphatic hydroxyl groups is 1. The number of H-pyrrole nitrogens is 1. The summed E-state index contributed by atoms with van der Waals surface area (Å²) in [6.45, 7) is 11.3. The maximum atomic E-state index is 13.1. The Morgan fingerprint density at radius 1 is 1.29 bits per heavy atom. The van der Waals surface area contributed by atoms with E-state index in [2.05, 4.69) is 25.8 Å². The van der Waals surface area contributed by atoms with Crippen molar-refractivity contribution >= 4 is 25.9 Å². The molecule has 186 valence electrons. The number of aromatic nitrogens is 2. The predicted molar refractivity (Wildman–Crippen MR) is 129 cm³/mol. The third kappa shape index (κ3) is 5.06. The summed E-state index contributed by atoms with van der Waals surface area (Å²) in [5.74, 6) is -3.19. The number of nitrogens with one attached hydrogen (secondary N) is 1. The molecule has 1 fully saturated rings. The van der Waals surface area contributed by atoms with Crippen molar-refractivity contribution in [2.45, 2.75) is 63.9 Å². The first-order valence-electron chi connectivity index (χ1n) is 11.0. The van der Waals surface area contributed by atoms with E-state index in [1.54, 1.807) is 19.1 Å². The number of benzene rings is 1. The first-order valence-corrected chi connectivity index (χ1v) is 14.3. The lowest BCUT2D eigenvalue weighted by molar-refractivity contribution is -0.251. The van der Waals surface area contributed by atoms with Crippen LogP contribution in [0.2, 0.25) is 23.2 Å². The lowest BCUT2D eigenvalue weighted by atomic mass is 9.99. The minimum Gasteiger partial charge on any atom is -0.424 e. The first-order chi connectivity index (χ1) is 15.7. The normalized spacial score (nSPS) is 25.4. The topological polar surface area (TPSA) is 120 Å². The average molecular weight is 511 g/mol. The number of carbonyl (C=O) groups is 1. The Hall–Kier alpha value is -2.24. The number of esters is 1. The molecule has 1 aromatic heterocycles. The van der Waals surface area contributed by atoms with Crippen molar-refractivity contribution in [1.29, 1.82) is 0 Å². The van der Waals surface area contributed by atoms with Gasteiger partial charge in [-0.1, -0.05) is 45.4 Å². The zero-order chi connectivity index (χ0) is 25.5. The van der Waals surface area contributed by atoms with E-state index < -0.39 is 56.2 Å². The van der Waals surface area contributed by atoms with Gasteiger partial charge in [-0.3, -0.25) is 14.3 Å². The fourth-order valence-corrected chi connectivity index (χ4v) is 5.20. The summed E-state index contributed by atoms with van der Waals surface area (Å²) < 4.78 is 19.7. The summed E-state index contributed by atoms with van der Waals surface area (Å²) in [7, 11) is -2.46. The van der Waals surface area contributed by atoms with Crippen molar-refractivity contribution in [3.05, 3.63) is 68.0 Å². The molecule has 1 saturated heterocycles. The molecule has 0 bridgehead atoms. The largest absolute Gasteiger partial charge is 0.424 e. The molecule has 2 heterocycles. The fourth-order valence-electron chi connectivity index (χ4n) is 3.63. The van der Waals surface area contributed by atoms with Crippen LogP contribution in [-0.2, 0) is 13.9 Å². The van der Waals surface area contributed by atoms with Gasteiger partial charge in [-0.15, -0.1) is 0 Å². The van der Waals surface area contributed by atoms with Gasteiger partial charge in [0.2, 0.25) is 0 Å². The molecule has 0 spiro atoms. The van der Waals surface area contributed by atoms with E-state index in [9.17, 15) is 19.5 Å². The van der Waals surface area contributed by atoms with Crippen LogP contribution < -0.4 is 11.2 Å². The number of aliphatic hydroxyl groups excluding tert-OH is 1. The summed E-state index contributed by atoms with van der Waals surface area (Å²) in [5, 5.41) is 10.6. The van der Waals surface area contributed by atoms with E-state index in [-0.39, 0.29) is 10.6 Å². The molecule has 9 nitrogen and oxygen atoms in total. The van der Waals surface area contributed by atoms with Gasteiger partial charge in [0.25, 0.3) is 11.3 Å². The quantitative estimate of drug-likeness (QED) is 0.452. The number of rotatable bonds is 6. The van der Waals surface area contributed by atoms with Crippen molar-refractivity contribution in [3.63, 3.8) is 0 Å². The van der Waals surface area contributed by atoms with Crippen molar-refractivity contribution in [2.24, 2.45) is 5.92 Å². The third-order valence-electron chi connectivity index (χ3n) is 6.58. The van der Waals surface area contributed by atoms with Gasteiger partial charge in [-0.2, -0.15) is 0 Å². The standard InChI is InChI=1S/C23H31ClN2O7Si/c1-14-18(33-34(5,6)22(2,3)4)23(13-27,32-20(29)15-8-7-9-16(24)12-15)31-19(14)26-11-10-17(28)25-21(26)30/h7-12,14,18-19,27H,13H2,1-6H3,(H,25,28,30)/t14-,18-,19+,23-/m0/s1. The zero-order valence-electron chi connectivity index (χ0n) is 20.1. The SMILES string of the molecule is C[C@@H]1[C@H](n2ccc(=O)[nH]c2=O)O[C@@](CO)(OC(=O)c2cccc(Cl)c2)[C@H]1O[Si](C)(C)C(C)(C)C. The number of carbonyl (C=O) groups excluding carboxylic acids is 1. The van der Waals surface area contributed by atoms with Crippen LogP contribution in [0.25, 0.3) is 0 Å². The molecular formula is C23H31ClN2O7Si. The molecule has 1 aliphatic heterocycles. The second kappa shape index (κ2) is 9.42. The summed E-state index contributed by atoms with van der Waals surface area (Å²) in [5.41, 5.74) is -1.07. The van der Waals surface area contributed by atoms with Gasteiger partial charge in [0, 0.05) is 23.2 Å². The second-order valence-corrected chi connectivity index (χ2v) is 15.2. The summed E-state index contributed by atoms with van der Waals surface area (Å²) in [6.07, 6.45) is -0.568. The molecule has 0 saturated carbocycles. The van der Waals surface area contributed by atoms with Gasteiger partial charge >= 0.3 is 11.7 Å². The van der Waals surface area contributed by atoms with Gasteiger partial charge in [0.1, 0.15) is 18.9 Å². The monoisotopic (exact) mass is 510 g/mol. The van der Waals surface area contributed by atoms with Gasteiger partial charge in [0.15, 0.2) is 8.32 Å². The number of hydrogen-bond donors (Lipinski definition) is 2. The Morgan fingerprint density at radius 2 is 1.97 bits per heavy atom. The molecule has 0 amide bonds. The lowest BCUT2D eigenvalue weighted by Crippen LogP contribution is -2.55. The van der Waals surface area contributed by atoms with Crippen LogP contribution in [-0.4, -0.2) is 47.4 Å². The van der Waals surface area contributed by atoms with Crippen LogP contribution in [0.15, 0.2) is 46.1 Å². The molecule has 11 heteroatoms. The number of ether oxygens (including phenoxy) is 2.